The van der Waals surface area contributed by atoms with Crippen LogP contribution in [0.2, 0.25) is 5.02 Å². The summed E-state index contributed by atoms with van der Waals surface area (Å²) in [6, 6.07) is 10.4. The van der Waals surface area contributed by atoms with Gasteiger partial charge in [0.2, 0.25) is 0 Å². The van der Waals surface area contributed by atoms with Gasteiger partial charge in [0, 0.05) is 18.4 Å². The number of rotatable bonds is 4. The number of amides is 1. The Hall–Kier alpha value is -2.60. The molecule has 0 radical (unpaired) electrons. The van der Waals surface area contributed by atoms with Crippen LogP contribution in [0.4, 0.5) is 0 Å². The van der Waals surface area contributed by atoms with Gasteiger partial charge in [0.25, 0.3) is 5.91 Å². The first kappa shape index (κ1) is 16.3. The summed E-state index contributed by atoms with van der Waals surface area (Å²) in [5.74, 6) is -0.298. The number of benzene rings is 1. The van der Waals surface area contributed by atoms with Crippen LogP contribution >= 0.6 is 11.6 Å². The quantitative estimate of drug-likeness (QED) is 0.797. The summed E-state index contributed by atoms with van der Waals surface area (Å²) in [6.45, 7) is 0.896. The number of nitrogens with zero attached hydrogens (tertiary/aromatic N) is 2. The van der Waals surface area contributed by atoms with Gasteiger partial charge in [0.15, 0.2) is 6.61 Å². The molecule has 0 fully saturated rings. The molecule has 3 rings (SSSR count). The monoisotopic (exact) mass is 346 g/mol. The fourth-order valence-corrected chi connectivity index (χ4v) is 2.62. The maximum absolute atomic E-state index is 12.4. The van der Waals surface area contributed by atoms with E-state index in [1.165, 1.54) is 11.9 Å². The van der Waals surface area contributed by atoms with Crippen LogP contribution in [-0.4, -0.2) is 29.2 Å². The van der Waals surface area contributed by atoms with E-state index in [1.54, 1.807) is 30.5 Å². The Kier molecular flexibility index (Phi) is 4.66. The van der Waals surface area contributed by atoms with Gasteiger partial charge in [-0.2, -0.15) is 5.10 Å². The van der Waals surface area contributed by atoms with E-state index in [0.717, 1.165) is 11.3 Å². The lowest BCUT2D eigenvalue weighted by Gasteiger charge is -2.19. The van der Waals surface area contributed by atoms with E-state index in [1.807, 2.05) is 12.1 Å². The molecule has 0 aliphatic carbocycles. The maximum Gasteiger partial charge on any atom is 0.303 e. The van der Waals surface area contributed by atoms with Crippen LogP contribution in [0.5, 0.6) is 0 Å². The average Bonchev–Trinajstić information content (AvgIpc) is 3.22. The molecule has 0 spiro atoms. The topological polar surface area (TPSA) is 72.1 Å². The zero-order chi connectivity index (χ0) is 17.1. The molecule has 2 heterocycles. The molecule has 6 nitrogen and oxygen atoms in total. The number of carbonyl (C=O) groups excluding carboxylic acids is 2. The molecule has 1 amide bonds. The second kappa shape index (κ2) is 6.88. The Morgan fingerprint density at radius 1 is 1.33 bits per heavy atom. The predicted molar refractivity (Wildman–Crippen MR) is 87.5 cm³/mol. The number of hydrogen-bond donors (Lipinski definition) is 0. The Labute approximate surface area is 143 Å². The molecule has 1 atom stereocenters. The Bertz CT molecular complexity index is 768. The van der Waals surface area contributed by atoms with Crippen molar-refractivity contribution in [3.8, 4) is 0 Å². The zero-order valence-electron chi connectivity index (χ0n) is 12.9. The highest BCUT2D eigenvalue weighted by Crippen LogP contribution is 2.33. The van der Waals surface area contributed by atoms with Crippen LogP contribution in [-0.2, 0) is 14.3 Å². The van der Waals surface area contributed by atoms with Crippen LogP contribution in [0.15, 0.2) is 52.2 Å². The summed E-state index contributed by atoms with van der Waals surface area (Å²) in [4.78, 5) is 23.3. The van der Waals surface area contributed by atoms with Crippen molar-refractivity contribution < 1.29 is 18.7 Å². The van der Waals surface area contributed by atoms with Gasteiger partial charge in [-0.3, -0.25) is 9.59 Å². The van der Waals surface area contributed by atoms with E-state index in [0.29, 0.717) is 17.2 Å². The van der Waals surface area contributed by atoms with Crippen molar-refractivity contribution in [1.82, 2.24) is 5.01 Å². The molecular formula is C17H15ClN2O4. The number of carbonyl (C=O) groups is 2. The third-order valence-electron chi connectivity index (χ3n) is 3.61. The van der Waals surface area contributed by atoms with Gasteiger partial charge in [0.1, 0.15) is 11.8 Å². The molecule has 1 aromatic carbocycles. The van der Waals surface area contributed by atoms with Gasteiger partial charge >= 0.3 is 5.97 Å². The second-order valence-corrected chi connectivity index (χ2v) is 5.74. The van der Waals surface area contributed by atoms with Gasteiger partial charge in [-0.1, -0.05) is 23.7 Å². The van der Waals surface area contributed by atoms with E-state index in [9.17, 15) is 9.59 Å². The lowest BCUT2D eigenvalue weighted by atomic mass is 10.0. The molecule has 1 aliphatic heterocycles. The number of furan rings is 1. The first-order valence-electron chi connectivity index (χ1n) is 7.37. The van der Waals surface area contributed by atoms with Gasteiger partial charge < -0.3 is 9.15 Å². The fraction of sp³-hybridized carbons (Fsp3) is 0.235. The van der Waals surface area contributed by atoms with Crippen molar-refractivity contribution in [2.24, 2.45) is 5.10 Å². The van der Waals surface area contributed by atoms with Crippen molar-refractivity contribution >= 4 is 29.2 Å². The largest absolute Gasteiger partial charge is 0.467 e. The average molecular weight is 347 g/mol. The molecule has 0 unspecified atom stereocenters. The van der Waals surface area contributed by atoms with Crippen LogP contribution < -0.4 is 0 Å². The normalized spacial score (nSPS) is 16.8. The standard InChI is InChI=1S/C17H15ClN2O4/c1-11(21)24-10-17(22)20-15(16-3-2-8-23-16)9-14(19-20)12-4-6-13(18)7-5-12/h2-8,15H,9-10H2,1H3/t15-/m1/s1. The minimum Gasteiger partial charge on any atom is -0.467 e. The highest BCUT2D eigenvalue weighted by Gasteiger charge is 2.35. The maximum atomic E-state index is 12.4. The molecule has 2 aromatic rings. The zero-order valence-corrected chi connectivity index (χ0v) is 13.7. The summed E-state index contributed by atoms with van der Waals surface area (Å²) in [5, 5.41) is 6.35. The van der Waals surface area contributed by atoms with Gasteiger partial charge in [-0.25, -0.2) is 5.01 Å². The summed E-state index contributed by atoms with van der Waals surface area (Å²) >= 11 is 5.91. The third-order valence-corrected chi connectivity index (χ3v) is 3.87. The molecule has 1 aromatic heterocycles. The molecule has 0 bridgehead atoms. The molecule has 0 saturated carbocycles. The molecule has 0 N–H and O–H groups in total. The Balaban J connectivity index is 1.86. The highest BCUT2D eigenvalue weighted by molar-refractivity contribution is 6.30. The SMILES string of the molecule is CC(=O)OCC(=O)N1N=C(c2ccc(Cl)cc2)C[C@@H]1c1ccco1. The van der Waals surface area contributed by atoms with E-state index >= 15 is 0 Å². The Morgan fingerprint density at radius 2 is 2.08 bits per heavy atom. The van der Waals surface area contributed by atoms with Gasteiger partial charge in [0.05, 0.1) is 12.0 Å². The fourth-order valence-electron chi connectivity index (χ4n) is 2.49. The molecular weight excluding hydrogens is 332 g/mol. The molecule has 7 heteroatoms. The number of hydrogen-bond acceptors (Lipinski definition) is 5. The van der Waals surface area contributed by atoms with E-state index in [2.05, 4.69) is 5.10 Å². The molecule has 124 valence electrons. The summed E-state index contributed by atoms with van der Waals surface area (Å²) in [6.07, 6.45) is 2.05. The molecule has 1 aliphatic rings. The lowest BCUT2D eigenvalue weighted by Crippen LogP contribution is -2.30. The summed E-state index contributed by atoms with van der Waals surface area (Å²) in [7, 11) is 0. The molecule has 24 heavy (non-hydrogen) atoms. The van der Waals surface area contributed by atoms with Crippen LogP contribution in [0.1, 0.15) is 30.7 Å². The lowest BCUT2D eigenvalue weighted by molar-refractivity contribution is -0.151. The summed E-state index contributed by atoms with van der Waals surface area (Å²) in [5.41, 5.74) is 1.61. The number of esters is 1. The van der Waals surface area contributed by atoms with E-state index in [-0.39, 0.29) is 12.6 Å². The highest BCUT2D eigenvalue weighted by atomic mass is 35.5. The third kappa shape index (κ3) is 3.49. The molecule has 0 saturated heterocycles. The Morgan fingerprint density at radius 3 is 2.71 bits per heavy atom. The van der Waals surface area contributed by atoms with Crippen LogP contribution in [0, 0.1) is 0 Å². The van der Waals surface area contributed by atoms with Crippen molar-refractivity contribution in [2.75, 3.05) is 6.61 Å². The minimum absolute atomic E-state index is 0.357. The number of halogens is 1. The number of hydrazone groups is 1. The van der Waals surface area contributed by atoms with Crippen molar-refractivity contribution in [3.05, 3.63) is 59.0 Å². The smallest absolute Gasteiger partial charge is 0.303 e. The first-order chi connectivity index (χ1) is 11.5. The summed E-state index contributed by atoms with van der Waals surface area (Å²) < 4.78 is 10.2. The van der Waals surface area contributed by atoms with E-state index in [4.69, 9.17) is 20.8 Å². The minimum atomic E-state index is -0.515. The first-order valence-corrected chi connectivity index (χ1v) is 7.74. The van der Waals surface area contributed by atoms with Crippen molar-refractivity contribution in [2.45, 2.75) is 19.4 Å². The van der Waals surface area contributed by atoms with Gasteiger partial charge in [-0.05, 0) is 29.8 Å². The van der Waals surface area contributed by atoms with E-state index < -0.39 is 11.9 Å². The van der Waals surface area contributed by atoms with Crippen molar-refractivity contribution in [3.63, 3.8) is 0 Å². The van der Waals surface area contributed by atoms with Gasteiger partial charge in [-0.15, -0.1) is 0 Å². The second-order valence-electron chi connectivity index (χ2n) is 5.31. The number of ether oxygens (including phenoxy) is 1. The van der Waals surface area contributed by atoms with Crippen molar-refractivity contribution in [1.29, 1.82) is 0 Å². The van der Waals surface area contributed by atoms with Crippen LogP contribution in [0.3, 0.4) is 0 Å². The predicted octanol–water partition coefficient (Wildman–Crippen LogP) is 3.17. The van der Waals surface area contributed by atoms with Crippen LogP contribution in [0.25, 0.3) is 0 Å².